The van der Waals surface area contributed by atoms with Crippen LogP contribution < -0.4 is 10.3 Å². The highest BCUT2D eigenvalue weighted by molar-refractivity contribution is 4.48. The number of aryl methyl sites for hydroxylation is 1. The number of nitrogens with one attached hydrogen (secondary N) is 1. The van der Waals surface area contributed by atoms with Gasteiger partial charge in [-0.1, -0.05) is 4.68 Å². The summed E-state index contributed by atoms with van der Waals surface area (Å²) in [5, 5.41) is 2.44. The average Bonchev–Trinajstić information content (AvgIpc) is 2.37. The van der Waals surface area contributed by atoms with Crippen molar-refractivity contribution in [2.24, 2.45) is 0 Å². The Morgan fingerprint density at radius 1 is 1.82 bits per heavy atom. The van der Waals surface area contributed by atoms with Crippen molar-refractivity contribution >= 4 is 0 Å². The highest BCUT2D eigenvalue weighted by Gasteiger charge is 2.03. The van der Waals surface area contributed by atoms with E-state index in [1.54, 1.807) is 11.8 Å². The molecule has 11 heavy (non-hydrogen) atoms. The van der Waals surface area contributed by atoms with Crippen molar-refractivity contribution in [1.82, 2.24) is 5.27 Å². The number of ether oxygens (including phenoxy) is 1. The number of aromatic nitrogens is 2. The first-order chi connectivity index (χ1) is 5.33. The topological polar surface area (TPSA) is 59.1 Å². The number of hydrogen-bond donors (Lipinski definition) is 1. The van der Waals surface area contributed by atoms with E-state index in [4.69, 9.17) is 4.74 Å². The minimum Gasteiger partial charge on any atom is -0.384 e. The van der Waals surface area contributed by atoms with E-state index in [0.29, 0.717) is 13.2 Å². The third kappa shape index (κ3) is 2.55. The molecule has 0 unspecified atom stereocenters. The molecular weight excluding hydrogens is 148 g/mol. The van der Waals surface area contributed by atoms with Crippen molar-refractivity contribution in [3.63, 3.8) is 0 Å². The van der Waals surface area contributed by atoms with Gasteiger partial charge in [-0.2, -0.15) is 0 Å². The normalized spacial score (nSPS) is 10.3. The molecule has 0 atom stereocenters. The summed E-state index contributed by atoms with van der Waals surface area (Å²) in [4.78, 5) is 10.5. The molecule has 0 spiro atoms. The van der Waals surface area contributed by atoms with Gasteiger partial charge < -0.3 is 4.74 Å². The van der Waals surface area contributed by atoms with Crippen LogP contribution in [0.25, 0.3) is 0 Å². The zero-order valence-corrected chi connectivity index (χ0v) is 6.37. The summed E-state index contributed by atoms with van der Waals surface area (Å²) in [6, 6.07) is 0. The van der Waals surface area contributed by atoms with E-state index in [-0.39, 0.29) is 5.63 Å². The quantitative estimate of drug-likeness (QED) is 0.466. The van der Waals surface area contributed by atoms with Crippen LogP contribution in [0.2, 0.25) is 0 Å². The zero-order valence-electron chi connectivity index (χ0n) is 6.37. The fourth-order valence-corrected chi connectivity index (χ4v) is 0.773. The molecule has 1 N–H and O–H groups in total. The highest BCUT2D eigenvalue weighted by Crippen LogP contribution is 1.77. The predicted molar refractivity (Wildman–Crippen MR) is 36.0 cm³/mol. The minimum absolute atomic E-state index is 0.359. The Morgan fingerprint density at radius 3 is 3.18 bits per heavy atom. The smallest absolute Gasteiger partial charge is 0.384 e. The first-order valence-corrected chi connectivity index (χ1v) is 3.40. The lowest BCUT2D eigenvalue weighted by Crippen LogP contribution is -2.35. The summed E-state index contributed by atoms with van der Waals surface area (Å²) in [5.74, 6) is 0. The molecule has 0 bridgehead atoms. The molecule has 5 nitrogen and oxygen atoms in total. The zero-order chi connectivity index (χ0) is 8.10. The van der Waals surface area contributed by atoms with E-state index in [1.165, 1.54) is 6.20 Å². The second-order valence-electron chi connectivity index (χ2n) is 2.18. The largest absolute Gasteiger partial charge is 0.426 e. The Hall–Kier alpha value is -1.10. The number of H-pyrrole nitrogens is 1. The number of nitrogens with zero attached hydrogens (tertiary/aromatic N) is 1. The summed E-state index contributed by atoms with van der Waals surface area (Å²) in [7, 11) is 1.64. The Labute approximate surface area is 63.5 Å². The third-order valence-electron chi connectivity index (χ3n) is 1.27. The van der Waals surface area contributed by atoms with E-state index in [9.17, 15) is 4.79 Å². The molecular formula is C6H11N2O3+. The molecule has 1 aromatic rings. The molecule has 0 aliphatic rings. The first-order valence-electron chi connectivity index (χ1n) is 3.40. The predicted octanol–water partition coefficient (Wildman–Crippen LogP) is -0.708. The lowest BCUT2D eigenvalue weighted by molar-refractivity contribution is -0.762. The fraction of sp³-hybridized carbons (Fsp3) is 0.667. The van der Waals surface area contributed by atoms with Gasteiger partial charge in [-0.15, -0.1) is 0 Å². The molecule has 0 fully saturated rings. The summed E-state index contributed by atoms with van der Waals surface area (Å²) in [5.41, 5.74) is -0.359. The van der Waals surface area contributed by atoms with E-state index in [2.05, 4.69) is 9.79 Å². The minimum atomic E-state index is -0.359. The molecule has 1 heterocycles. The Balaban J connectivity index is 2.33. The Bertz CT molecular complexity index is 252. The molecule has 5 heteroatoms. The molecule has 0 aliphatic heterocycles. The lowest BCUT2D eigenvalue weighted by Gasteiger charge is -1.90. The van der Waals surface area contributed by atoms with Gasteiger partial charge in [0.2, 0.25) is 0 Å². The van der Waals surface area contributed by atoms with Crippen LogP contribution in [0.3, 0.4) is 0 Å². The van der Waals surface area contributed by atoms with Crippen LogP contribution >= 0.6 is 0 Å². The number of aromatic amines is 1. The Morgan fingerprint density at radius 2 is 2.64 bits per heavy atom. The van der Waals surface area contributed by atoms with Gasteiger partial charge in [-0.25, -0.2) is 4.79 Å². The average molecular weight is 159 g/mol. The van der Waals surface area contributed by atoms with Gasteiger partial charge >= 0.3 is 5.63 Å². The molecule has 0 aromatic carbocycles. The van der Waals surface area contributed by atoms with E-state index < -0.39 is 0 Å². The van der Waals surface area contributed by atoms with Crippen LogP contribution in [0.15, 0.2) is 15.5 Å². The molecule has 0 aliphatic carbocycles. The maximum Gasteiger partial charge on any atom is 0.426 e. The molecule has 0 saturated heterocycles. The summed E-state index contributed by atoms with van der Waals surface area (Å²) >= 11 is 0. The number of hydrogen-bond acceptors (Lipinski definition) is 3. The van der Waals surface area contributed by atoms with Gasteiger partial charge in [-0.05, 0) is 5.27 Å². The van der Waals surface area contributed by atoms with Crippen LogP contribution in [0.5, 0.6) is 0 Å². The van der Waals surface area contributed by atoms with Crippen molar-refractivity contribution in [3.05, 3.63) is 16.6 Å². The van der Waals surface area contributed by atoms with E-state index >= 15 is 0 Å². The van der Waals surface area contributed by atoms with Crippen molar-refractivity contribution < 1.29 is 13.9 Å². The summed E-state index contributed by atoms with van der Waals surface area (Å²) in [6.07, 6.45) is 2.23. The van der Waals surface area contributed by atoms with Crippen molar-refractivity contribution in [1.29, 1.82) is 0 Å². The van der Waals surface area contributed by atoms with Crippen LogP contribution in [-0.4, -0.2) is 19.0 Å². The maximum atomic E-state index is 10.5. The van der Waals surface area contributed by atoms with Crippen molar-refractivity contribution in [2.45, 2.75) is 13.0 Å². The lowest BCUT2D eigenvalue weighted by atomic mass is 10.4. The summed E-state index contributed by atoms with van der Waals surface area (Å²) < 4.78 is 10.9. The monoisotopic (exact) mass is 159 g/mol. The second kappa shape index (κ2) is 3.92. The SMILES string of the molecule is COCCC[n+]1cc(=O)o[nH]1. The molecule has 1 rings (SSSR count). The van der Waals surface area contributed by atoms with Crippen LogP contribution in [0, 0.1) is 0 Å². The number of methoxy groups -OCH3 is 1. The summed E-state index contributed by atoms with van der Waals surface area (Å²) in [6.45, 7) is 1.39. The van der Waals surface area contributed by atoms with Crippen molar-refractivity contribution in [2.75, 3.05) is 13.7 Å². The van der Waals surface area contributed by atoms with Crippen LogP contribution in [-0.2, 0) is 11.3 Å². The van der Waals surface area contributed by atoms with Gasteiger partial charge in [0.1, 0.15) is 0 Å². The van der Waals surface area contributed by atoms with Crippen LogP contribution in [0.1, 0.15) is 6.42 Å². The maximum absolute atomic E-state index is 10.5. The first kappa shape index (κ1) is 8.00. The van der Waals surface area contributed by atoms with Gasteiger partial charge in [0.25, 0.3) is 6.20 Å². The van der Waals surface area contributed by atoms with Crippen LogP contribution in [0.4, 0.5) is 0 Å². The number of rotatable bonds is 4. The Kier molecular flexibility index (Phi) is 2.85. The van der Waals surface area contributed by atoms with Gasteiger partial charge in [-0.3, -0.25) is 4.52 Å². The fourth-order valence-electron chi connectivity index (χ4n) is 0.773. The van der Waals surface area contributed by atoms with Gasteiger partial charge in [0, 0.05) is 13.5 Å². The molecule has 0 amide bonds. The third-order valence-corrected chi connectivity index (χ3v) is 1.27. The second-order valence-corrected chi connectivity index (χ2v) is 2.18. The molecule has 0 radical (unpaired) electrons. The van der Waals surface area contributed by atoms with Crippen molar-refractivity contribution in [3.8, 4) is 0 Å². The standard InChI is InChI=1S/C6H10N2O3/c1-10-4-2-3-8-5-6(9)11-7-8/h5H,2-4H2,1H3/p+1. The molecule has 62 valence electrons. The van der Waals surface area contributed by atoms with E-state index in [0.717, 1.165) is 6.42 Å². The van der Waals surface area contributed by atoms with E-state index in [1.807, 2.05) is 0 Å². The highest BCUT2D eigenvalue weighted by atomic mass is 16.5. The van der Waals surface area contributed by atoms with Gasteiger partial charge in [0.05, 0.1) is 6.61 Å². The van der Waals surface area contributed by atoms with Gasteiger partial charge in [0.15, 0.2) is 6.54 Å². The molecule has 1 aromatic heterocycles. The molecule has 0 saturated carbocycles.